The molecule has 0 spiro atoms. The van der Waals surface area contributed by atoms with Gasteiger partial charge in [0, 0.05) is 11.6 Å². The molecule has 0 aromatic heterocycles. The molecule has 3 aromatic rings. The number of carbonyl (C=O) groups excluding carboxylic acids is 1. The zero-order chi connectivity index (χ0) is 24.0. The number of ether oxygens (including phenoxy) is 1. The summed E-state index contributed by atoms with van der Waals surface area (Å²) in [5.74, 6) is 1.26. The average Bonchev–Trinajstić information content (AvgIpc) is 3.19. The van der Waals surface area contributed by atoms with Crippen LogP contribution in [0.1, 0.15) is 43.7 Å². The smallest absolute Gasteiger partial charge is 0.267 e. The van der Waals surface area contributed by atoms with E-state index in [9.17, 15) is 4.79 Å². The van der Waals surface area contributed by atoms with Crippen LogP contribution >= 0.6 is 11.8 Å². The number of para-hydroxylation sites is 2. The molecule has 0 bridgehead atoms. The van der Waals surface area contributed by atoms with Crippen LogP contribution in [0, 0.1) is 5.92 Å². The molecule has 178 valence electrons. The number of amidine groups is 1. The summed E-state index contributed by atoms with van der Waals surface area (Å²) >= 11 is 1.47. The van der Waals surface area contributed by atoms with Crippen molar-refractivity contribution in [2.75, 3.05) is 0 Å². The molecule has 35 heavy (non-hydrogen) atoms. The summed E-state index contributed by atoms with van der Waals surface area (Å²) in [6.07, 6.45) is 6.50. The first kappa shape index (κ1) is 23.4. The summed E-state index contributed by atoms with van der Waals surface area (Å²) in [4.78, 5) is 21.3. The van der Waals surface area contributed by atoms with Gasteiger partial charge in [-0.15, -0.1) is 0 Å². The highest BCUT2D eigenvalue weighted by molar-refractivity contribution is 8.18. The van der Waals surface area contributed by atoms with Gasteiger partial charge in [-0.1, -0.05) is 86.5 Å². The van der Waals surface area contributed by atoms with Crippen LogP contribution in [-0.4, -0.2) is 22.0 Å². The summed E-state index contributed by atoms with van der Waals surface area (Å²) < 4.78 is 6.14. The highest BCUT2D eigenvalue weighted by Gasteiger charge is 2.41. The summed E-state index contributed by atoms with van der Waals surface area (Å²) in [6, 6.07) is 28.1. The number of thioether (sulfide) groups is 1. The Morgan fingerprint density at radius 1 is 0.943 bits per heavy atom. The lowest BCUT2D eigenvalue weighted by Gasteiger charge is -2.35. The molecule has 0 radical (unpaired) electrons. The van der Waals surface area contributed by atoms with Crippen molar-refractivity contribution in [3.63, 3.8) is 0 Å². The van der Waals surface area contributed by atoms with E-state index in [0.29, 0.717) is 17.4 Å². The van der Waals surface area contributed by atoms with Crippen LogP contribution in [0.25, 0.3) is 6.08 Å². The Morgan fingerprint density at radius 3 is 2.40 bits per heavy atom. The van der Waals surface area contributed by atoms with Crippen molar-refractivity contribution in [1.29, 1.82) is 0 Å². The molecule has 0 unspecified atom stereocenters. The molecule has 2 aliphatic rings. The third-order valence-electron chi connectivity index (χ3n) is 6.66. The number of hydrogen-bond acceptors (Lipinski definition) is 4. The molecular weight excluding hydrogens is 452 g/mol. The number of nitrogens with zero attached hydrogens (tertiary/aromatic N) is 2. The summed E-state index contributed by atoms with van der Waals surface area (Å²) in [7, 11) is 0. The van der Waals surface area contributed by atoms with Crippen molar-refractivity contribution in [3.05, 3.63) is 101 Å². The molecule has 5 heteroatoms. The topological polar surface area (TPSA) is 41.9 Å². The molecule has 1 amide bonds. The van der Waals surface area contributed by atoms with Crippen molar-refractivity contribution >= 4 is 34.6 Å². The van der Waals surface area contributed by atoms with Crippen LogP contribution in [0.15, 0.2) is 94.8 Å². The van der Waals surface area contributed by atoms with Crippen molar-refractivity contribution in [2.24, 2.45) is 10.9 Å². The van der Waals surface area contributed by atoms with Gasteiger partial charge in [-0.2, -0.15) is 0 Å². The van der Waals surface area contributed by atoms with E-state index in [1.807, 2.05) is 95.9 Å². The Kier molecular flexibility index (Phi) is 7.34. The summed E-state index contributed by atoms with van der Waals surface area (Å²) in [5, 5.41) is 0.772. The van der Waals surface area contributed by atoms with Crippen LogP contribution < -0.4 is 4.74 Å². The lowest BCUT2D eigenvalue weighted by Crippen LogP contribution is -2.44. The predicted octanol–water partition coefficient (Wildman–Crippen LogP) is 7.45. The molecule has 1 aliphatic heterocycles. The van der Waals surface area contributed by atoms with E-state index < -0.39 is 0 Å². The third kappa shape index (κ3) is 5.51. The number of amides is 1. The largest absolute Gasteiger partial charge is 0.488 e. The van der Waals surface area contributed by atoms with Gasteiger partial charge in [-0.3, -0.25) is 9.69 Å². The van der Waals surface area contributed by atoms with Gasteiger partial charge in [0.2, 0.25) is 0 Å². The van der Waals surface area contributed by atoms with Gasteiger partial charge in [-0.05, 0) is 60.4 Å². The Labute approximate surface area is 211 Å². The molecule has 0 N–H and O–H groups in total. The molecular formula is C30H30N2O2S. The first-order valence-corrected chi connectivity index (χ1v) is 13.1. The van der Waals surface area contributed by atoms with E-state index in [0.717, 1.165) is 47.0 Å². The highest BCUT2D eigenvalue weighted by atomic mass is 32.2. The Hall–Kier alpha value is -3.31. The van der Waals surface area contributed by atoms with Gasteiger partial charge in [0.25, 0.3) is 5.91 Å². The van der Waals surface area contributed by atoms with Crippen LogP contribution in [-0.2, 0) is 11.4 Å². The normalized spacial score (nSPS) is 22.7. The molecule has 4 nitrogen and oxygen atoms in total. The third-order valence-corrected chi connectivity index (χ3v) is 7.64. The van der Waals surface area contributed by atoms with Gasteiger partial charge in [0.05, 0.1) is 10.6 Å². The molecule has 1 aliphatic carbocycles. The minimum atomic E-state index is 0.0429. The van der Waals surface area contributed by atoms with Gasteiger partial charge in [-0.25, -0.2) is 4.99 Å². The van der Waals surface area contributed by atoms with Crippen LogP contribution in [0.2, 0.25) is 0 Å². The second-order valence-electron chi connectivity index (χ2n) is 9.16. The first-order valence-electron chi connectivity index (χ1n) is 12.3. The monoisotopic (exact) mass is 482 g/mol. The number of hydrogen-bond donors (Lipinski definition) is 0. The van der Waals surface area contributed by atoms with Gasteiger partial charge >= 0.3 is 0 Å². The number of rotatable bonds is 6. The average molecular weight is 483 g/mol. The molecule has 1 saturated carbocycles. The fourth-order valence-corrected chi connectivity index (χ4v) is 5.79. The Balaban J connectivity index is 1.45. The zero-order valence-electron chi connectivity index (χ0n) is 20.0. The van der Waals surface area contributed by atoms with Crippen LogP contribution in [0.4, 0.5) is 5.69 Å². The van der Waals surface area contributed by atoms with E-state index >= 15 is 0 Å². The standard InChI is InChI=1S/C30H30N2O2S/c1-22-12-8-10-18-26(22)32-29(33)28(35-30(32)31-25-16-6-3-7-17-25)20-24-15-9-11-19-27(24)34-21-23-13-4-2-5-14-23/h2-7,9,11,13-17,19-20,22,26H,8,10,12,18,21H2,1H3/b28-20-,31-30?/t22-,26+/m1/s1. The maximum atomic E-state index is 13.8. The number of benzene rings is 3. The first-order chi connectivity index (χ1) is 17.2. The quantitative estimate of drug-likeness (QED) is 0.343. The summed E-state index contributed by atoms with van der Waals surface area (Å²) in [5.41, 5.74) is 2.87. The molecule has 5 rings (SSSR count). The maximum Gasteiger partial charge on any atom is 0.267 e. The lowest BCUT2D eigenvalue weighted by atomic mass is 9.85. The van der Waals surface area contributed by atoms with E-state index in [4.69, 9.17) is 9.73 Å². The van der Waals surface area contributed by atoms with Gasteiger partial charge < -0.3 is 4.74 Å². The Morgan fingerprint density at radius 2 is 1.63 bits per heavy atom. The minimum Gasteiger partial charge on any atom is -0.488 e. The fraction of sp³-hybridized carbons (Fsp3) is 0.267. The fourth-order valence-electron chi connectivity index (χ4n) is 4.76. The lowest BCUT2D eigenvalue weighted by molar-refractivity contribution is -0.124. The predicted molar refractivity (Wildman–Crippen MR) is 145 cm³/mol. The van der Waals surface area contributed by atoms with E-state index in [1.54, 1.807) is 0 Å². The van der Waals surface area contributed by atoms with Crippen molar-refractivity contribution in [2.45, 2.75) is 45.3 Å². The second kappa shape index (κ2) is 11.0. The number of aliphatic imine (C=N–C) groups is 1. The summed E-state index contributed by atoms with van der Waals surface area (Å²) in [6.45, 7) is 2.74. The van der Waals surface area contributed by atoms with Crippen LogP contribution in [0.3, 0.4) is 0 Å². The number of carbonyl (C=O) groups is 1. The maximum absolute atomic E-state index is 13.8. The molecule has 1 saturated heterocycles. The molecule has 2 fully saturated rings. The van der Waals surface area contributed by atoms with E-state index in [-0.39, 0.29) is 11.9 Å². The highest BCUT2D eigenvalue weighted by Crippen LogP contribution is 2.40. The van der Waals surface area contributed by atoms with Crippen molar-refractivity contribution < 1.29 is 9.53 Å². The zero-order valence-corrected chi connectivity index (χ0v) is 20.8. The second-order valence-corrected chi connectivity index (χ2v) is 10.2. The Bertz CT molecular complexity index is 1220. The van der Waals surface area contributed by atoms with E-state index in [2.05, 4.69) is 6.92 Å². The molecule has 1 heterocycles. The van der Waals surface area contributed by atoms with E-state index in [1.165, 1.54) is 18.2 Å². The van der Waals surface area contributed by atoms with Gasteiger partial charge in [0.15, 0.2) is 5.17 Å². The van der Waals surface area contributed by atoms with Gasteiger partial charge in [0.1, 0.15) is 12.4 Å². The van der Waals surface area contributed by atoms with Crippen molar-refractivity contribution in [1.82, 2.24) is 4.90 Å². The SMILES string of the molecule is C[C@@H]1CCCC[C@@H]1N1C(=O)/C(=C/c2ccccc2OCc2ccccc2)SC1=Nc1ccccc1. The minimum absolute atomic E-state index is 0.0429. The van der Waals surface area contributed by atoms with Crippen molar-refractivity contribution in [3.8, 4) is 5.75 Å². The molecule has 3 aromatic carbocycles. The molecule has 2 atom stereocenters. The van der Waals surface area contributed by atoms with Crippen LogP contribution in [0.5, 0.6) is 5.75 Å².